The third kappa shape index (κ3) is 0.578. The first kappa shape index (κ1) is 6.01. The summed E-state index contributed by atoms with van der Waals surface area (Å²) in [6, 6.07) is 0. The van der Waals surface area contributed by atoms with Gasteiger partial charge in [-0.05, 0) is 30.6 Å². The van der Waals surface area contributed by atoms with E-state index >= 15 is 0 Å². The SMILES string of the molecule is BrC[C@@H]1C[C@@H]2O[C@@H]1[C@H]1C[C@H]12. The van der Waals surface area contributed by atoms with Crippen LogP contribution in [0.4, 0.5) is 0 Å². The molecule has 1 saturated carbocycles. The maximum atomic E-state index is 5.81. The van der Waals surface area contributed by atoms with E-state index in [4.69, 9.17) is 4.74 Å². The number of hydrogen-bond donors (Lipinski definition) is 0. The molecule has 0 N–H and O–H groups in total. The van der Waals surface area contributed by atoms with Crippen LogP contribution in [0.25, 0.3) is 0 Å². The maximum absolute atomic E-state index is 5.81. The average Bonchev–Trinajstić information content (AvgIpc) is 2.58. The number of alkyl halides is 1. The van der Waals surface area contributed by atoms with Crippen LogP contribution >= 0.6 is 15.9 Å². The molecular weight excluding hydrogens is 192 g/mol. The van der Waals surface area contributed by atoms with Gasteiger partial charge in [-0.15, -0.1) is 0 Å². The van der Waals surface area contributed by atoms with E-state index < -0.39 is 0 Å². The molecule has 5 atom stereocenters. The molecule has 0 unspecified atom stereocenters. The van der Waals surface area contributed by atoms with Crippen molar-refractivity contribution in [2.45, 2.75) is 25.0 Å². The number of ether oxygens (including phenoxy) is 1. The topological polar surface area (TPSA) is 9.23 Å². The van der Waals surface area contributed by atoms with Gasteiger partial charge in [-0.1, -0.05) is 15.9 Å². The third-order valence-electron chi connectivity index (χ3n) is 3.32. The first-order valence-electron chi connectivity index (χ1n) is 4.11. The summed E-state index contributed by atoms with van der Waals surface area (Å²) >= 11 is 3.54. The lowest BCUT2D eigenvalue weighted by molar-refractivity contribution is 0.0638. The van der Waals surface area contributed by atoms with Gasteiger partial charge in [0.1, 0.15) is 0 Å². The minimum Gasteiger partial charge on any atom is -0.374 e. The van der Waals surface area contributed by atoms with Gasteiger partial charge in [-0.2, -0.15) is 0 Å². The van der Waals surface area contributed by atoms with E-state index in [0.29, 0.717) is 12.2 Å². The Morgan fingerprint density at radius 2 is 2.20 bits per heavy atom. The van der Waals surface area contributed by atoms with Crippen LogP contribution in [0.1, 0.15) is 12.8 Å². The van der Waals surface area contributed by atoms with Crippen LogP contribution in [0.5, 0.6) is 0 Å². The molecule has 56 valence electrons. The first-order valence-corrected chi connectivity index (χ1v) is 5.23. The molecule has 10 heavy (non-hydrogen) atoms. The zero-order valence-electron chi connectivity index (χ0n) is 5.79. The normalized spacial score (nSPS) is 62.7. The second kappa shape index (κ2) is 1.78. The summed E-state index contributed by atoms with van der Waals surface area (Å²) in [5, 5.41) is 1.15. The van der Waals surface area contributed by atoms with Gasteiger partial charge in [0.25, 0.3) is 0 Å². The maximum Gasteiger partial charge on any atom is 0.0647 e. The molecule has 2 heteroatoms. The molecule has 2 aliphatic heterocycles. The standard InChI is InChI=1S/C8H11BrO/c9-3-4-1-7-5-2-6(5)8(4)10-7/h4-8H,1-3H2/t4-,5+,6-,7-,8-/m0/s1. The summed E-state index contributed by atoms with van der Waals surface area (Å²) in [5.41, 5.74) is 0. The van der Waals surface area contributed by atoms with Crippen molar-refractivity contribution in [3.8, 4) is 0 Å². The first-order chi connectivity index (χ1) is 4.90. The fourth-order valence-electron chi connectivity index (χ4n) is 2.72. The molecule has 0 spiro atoms. The number of fused-ring (bicyclic) bond motifs is 5. The number of halogens is 1. The Morgan fingerprint density at radius 1 is 1.30 bits per heavy atom. The van der Waals surface area contributed by atoms with Gasteiger partial charge in [0.2, 0.25) is 0 Å². The minimum atomic E-state index is 0.648. The predicted molar refractivity (Wildman–Crippen MR) is 42.2 cm³/mol. The van der Waals surface area contributed by atoms with Gasteiger partial charge < -0.3 is 4.74 Å². The van der Waals surface area contributed by atoms with E-state index in [2.05, 4.69) is 15.9 Å². The van der Waals surface area contributed by atoms with Crippen LogP contribution in [0.15, 0.2) is 0 Å². The van der Waals surface area contributed by atoms with Crippen LogP contribution in [0.3, 0.4) is 0 Å². The monoisotopic (exact) mass is 202 g/mol. The Labute approximate surface area is 69.3 Å². The zero-order chi connectivity index (χ0) is 6.72. The van der Waals surface area contributed by atoms with Crippen LogP contribution in [-0.4, -0.2) is 17.5 Å². The Hall–Kier alpha value is 0.440. The van der Waals surface area contributed by atoms with E-state index in [1.54, 1.807) is 0 Å². The Morgan fingerprint density at radius 3 is 2.80 bits per heavy atom. The van der Waals surface area contributed by atoms with E-state index in [0.717, 1.165) is 23.1 Å². The lowest BCUT2D eigenvalue weighted by atomic mass is 9.91. The smallest absolute Gasteiger partial charge is 0.0647 e. The van der Waals surface area contributed by atoms with E-state index in [9.17, 15) is 0 Å². The molecule has 2 bridgehead atoms. The van der Waals surface area contributed by atoms with Crippen molar-refractivity contribution < 1.29 is 4.74 Å². The Kier molecular flexibility index (Phi) is 1.07. The highest BCUT2D eigenvalue weighted by Crippen LogP contribution is 2.60. The predicted octanol–water partition coefficient (Wildman–Crippen LogP) is 1.80. The van der Waals surface area contributed by atoms with Crippen LogP contribution in [0, 0.1) is 17.8 Å². The van der Waals surface area contributed by atoms with Crippen molar-refractivity contribution in [2.75, 3.05) is 5.33 Å². The van der Waals surface area contributed by atoms with Gasteiger partial charge >= 0.3 is 0 Å². The fourth-order valence-corrected chi connectivity index (χ4v) is 3.35. The average molecular weight is 203 g/mol. The molecule has 1 nitrogen and oxygen atoms in total. The van der Waals surface area contributed by atoms with Gasteiger partial charge in [-0.25, -0.2) is 0 Å². The van der Waals surface area contributed by atoms with Crippen molar-refractivity contribution in [3.05, 3.63) is 0 Å². The molecule has 0 radical (unpaired) electrons. The fraction of sp³-hybridized carbons (Fsp3) is 1.00. The van der Waals surface area contributed by atoms with Gasteiger partial charge in [0.05, 0.1) is 12.2 Å². The van der Waals surface area contributed by atoms with Crippen LogP contribution in [0.2, 0.25) is 0 Å². The summed E-state index contributed by atoms with van der Waals surface area (Å²) in [5.74, 6) is 2.80. The molecule has 2 heterocycles. The lowest BCUT2D eigenvalue weighted by Crippen LogP contribution is -2.19. The highest BCUT2D eigenvalue weighted by atomic mass is 79.9. The Bertz CT molecular complexity index is 171. The quantitative estimate of drug-likeness (QED) is 0.590. The molecule has 0 aromatic carbocycles. The second-order valence-electron chi connectivity index (χ2n) is 3.85. The largest absolute Gasteiger partial charge is 0.374 e. The molecule has 0 aromatic heterocycles. The van der Waals surface area contributed by atoms with Crippen LogP contribution in [-0.2, 0) is 4.74 Å². The van der Waals surface area contributed by atoms with Crippen LogP contribution < -0.4 is 0 Å². The molecule has 3 rings (SSSR count). The van der Waals surface area contributed by atoms with E-state index in [-0.39, 0.29) is 0 Å². The van der Waals surface area contributed by atoms with Crippen molar-refractivity contribution >= 4 is 15.9 Å². The number of hydrogen-bond acceptors (Lipinski definition) is 1. The zero-order valence-corrected chi connectivity index (χ0v) is 7.38. The molecule has 2 saturated heterocycles. The summed E-state index contributed by atoms with van der Waals surface area (Å²) < 4.78 is 5.81. The lowest BCUT2D eigenvalue weighted by Gasteiger charge is -2.14. The third-order valence-corrected chi connectivity index (χ3v) is 4.15. The van der Waals surface area contributed by atoms with E-state index in [1.807, 2.05) is 0 Å². The van der Waals surface area contributed by atoms with Crippen molar-refractivity contribution in [1.29, 1.82) is 0 Å². The van der Waals surface area contributed by atoms with Crippen molar-refractivity contribution in [3.63, 3.8) is 0 Å². The molecular formula is C8H11BrO. The van der Waals surface area contributed by atoms with Crippen molar-refractivity contribution in [2.24, 2.45) is 17.8 Å². The van der Waals surface area contributed by atoms with Gasteiger partial charge in [-0.3, -0.25) is 0 Å². The highest BCUT2D eigenvalue weighted by molar-refractivity contribution is 9.09. The van der Waals surface area contributed by atoms with E-state index in [1.165, 1.54) is 12.8 Å². The summed E-state index contributed by atoms with van der Waals surface area (Å²) in [6.45, 7) is 0. The summed E-state index contributed by atoms with van der Waals surface area (Å²) in [7, 11) is 0. The Balaban J connectivity index is 1.85. The number of rotatable bonds is 1. The second-order valence-corrected chi connectivity index (χ2v) is 4.50. The molecule has 0 aromatic rings. The summed E-state index contributed by atoms with van der Waals surface area (Å²) in [4.78, 5) is 0. The molecule has 3 aliphatic rings. The molecule has 1 aliphatic carbocycles. The van der Waals surface area contributed by atoms with Gasteiger partial charge in [0, 0.05) is 5.33 Å². The molecule has 0 amide bonds. The molecule has 3 fully saturated rings. The van der Waals surface area contributed by atoms with Gasteiger partial charge in [0.15, 0.2) is 0 Å². The summed E-state index contributed by atoms with van der Waals surface area (Å²) in [6.07, 6.45) is 4.11. The minimum absolute atomic E-state index is 0.648. The van der Waals surface area contributed by atoms with Crippen molar-refractivity contribution in [1.82, 2.24) is 0 Å². The highest BCUT2D eigenvalue weighted by Gasteiger charge is 2.62.